The number of benzene rings is 4. The summed E-state index contributed by atoms with van der Waals surface area (Å²) in [6, 6.07) is 24.8. The molecule has 0 N–H and O–H groups in total. The highest BCUT2D eigenvalue weighted by atomic mass is 127. The topological polar surface area (TPSA) is 88.4 Å². The molecule has 0 fully saturated rings. The van der Waals surface area contributed by atoms with Crippen LogP contribution in [-0.2, 0) is 16.1 Å². The minimum atomic E-state index is -0.801. The summed E-state index contributed by atoms with van der Waals surface area (Å²) in [7, 11) is 1.60. The van der Waals surface area contributed by atoms with Gasteiger partial charge in [-0.15, -0.1) is 0 Å². The quantitative estimate of drug-likeness (QED) is 0.113. The lowest BCUT2D eigenvalue weighted by Crippen LogP contribution is -2.40. The van der Waals surface area contributed by atoms with E-state index >= 15 is 0 Å². The third-order valence-corrected chi connectivity index (χ3v) is 9.51. The van der Waals surface area contributed by atoms with Crippen LogP contribution in [0.1, 0.15) is 50.4 Å². The van der Waals surface area contributed by atoms with Crippen molar-refractivity contribution < 1.29 is 23.7 Å². The first-order chi connectivity index (χ1) is 23.2. The number of methoxy groups -OCH3 is 1. The fourth-order valence-corrected chi connectivity index (χ4v) is 7.52. The predicted octanol–water partition coefficient (Wildman–Crippen LogP) is 6.93. The van der Waals surface area contributed by atoms with Crippen molar-refractivity contribution in [3.05, 3.63) is 130 Å². The first-order valence-corrected chi connectivity index (χ1v) is 17.5. The summed E-state index contributed by atoms with van der Waals surface area (Å²) in [6.45, 7) is 7.88. The van der Waals surface area contributed by atoms with E-state index in [4.69, 9.17) is 23.9 Å². The Labute approximate surface area is 296 Å². The van der Waals surface area contributed by atoms with E-state index in [1.54, 1.807) is 25.5 Å². The predicted molar refractivity (Wildman–Crippen MR) is 197 cm³/mol. The number of allylic oxidation sites excluding steroid dienone is 1. The summed E-state index contributed by atoms with van der Waals surface area (Å²) in [5.41, 5.74) is 2.88. The van der Waals surface area contributed by atoms with Crippen LogP contribution in [0, 0.1) is 3.57 Å². The highest BCUT2D eigenvalue weighted by Gasteiger charge is 2.35. The highest BCUT2D eigenvalue weighted by molar-refractivity contribution is 14.1. The summed E-state index contributed by atoms with van der Waals surface area (Å²) >= 11 is 3.48. The lowest BCUT2D eigenvalue weighted by molar-refractivity contribution is -0.139. The number of para-hydroxylation sites is 1. The van der Waals surface area contributed by atoms with Crippen LogP contribution in [0.25, 0.3) is 16.8 Å². The Kier molecular flexibility index (Phi) is 10.0. The van der Waals surface area contributed by atoms with E-state index in [-0.39, 0.29) is 18.3 Å². The number of thiazole rings is 1. The lowest BCUT2D eigenvalue weighted by Gasteiger charge is -2.26. The summed E-state index contributed by atoms with van der Waals surface area (Å²) in [6.07, 6.45) is 1.69. The molecular weight excluding hydrogens is 739 g/mol. The molecule has 0 amide bonds. The van der Waals surface area contributed by atoms with Crippen LogP contribution >= 0.6 is 33.9 Å². The van der Waals surface area contributed by atoms with Gasteiger partial charge in [0.25, 0.3) is 5.56 Å². The maximum Gasteiger partial charge on any atom is 0.338 e. The molecule has 1 aromatic heterocycles. The van der Waals surface area contributed by atoms with E-state index < -0.39 is 12.0 Å². The van der Waals surface area contributed by atoms with Crippen LogP contribution in [0.5, 0.6) is 17.2 Å². The number of nitrogens with zero attached hydrogens (tertiary/aromatic N) is 2. The summed E-state index contributed by atoms with van der Waals surface area (Å²) < 4.78 is 26.8. The second kappa shape index (κ2) is 14.4. The average molecular weight is 775 g/mol. The molecule has 0 saturated carbocycles. The van der Waals surface area contributed by atoms with E-state index in [9.17, 15) is 9.59 Å². The van der Waals surface area contributed by atoms with E-state index in [2.05, 4.69) is 40.8 Å². The van der Waals surface area contributed by atoms with Crippen molar-refractivity contribution >= 4 is 56.7 Å². The summed E-state index contributed by atoms with van der Waals surface area (Å²) in [5.74, 6) is 1.13. The fraction of sp³-hybridized carbons (Fsp3) is 0.237. The van der Waals surface area contributed by atoms with E-state index in [1.165, 1.54) is 11.3 Å². The van der Waals surface area contributed by atoms with Crippen molar-refractivity contribution in [2.24, 2.45) is 4.99 Å². The minimum Gasteiger partial charge on any atom is -0.493 e. The number of carbonyl (C=O) groups excluding carboxylic acids is 1. The van der Waals surface area contributed by atoms with Gasteiger partial charge < -0.3 is 18.9 Å². The zero-order valence-electron chi connectivity index (χ0n) is 27.3. The largest absolute Gasteiger partial charge is 0.493 e. The van der Waals surface area contributed by atoms with Crippen LogP contribution in [0.15, 0.2) is 99.9 Å². The van der Waals surface area contributed by atoms with Crippen molar-refractivity contribution in [3.8, 4) is 17.2 Å². The van der Waals surface area contributed by atoms with Crippen LogP contribution in [0.3, 0.4) is 0 Å². The molecule has 0 spiro atoms. The molecule has 5 aromatic rings. The Morgan fingerprint density at radius 2 is 1.79 bits per heavy atom. The van der Waals surface area contributed by atoms with Gasteiger partial charge in [0.2, 0.25) is 0 Å². The number of aromatic nitrogens is 1. The molecule has 1 aliphatic heterocycles. The Balaban J connectivity index is 1.50. The molecule has 4 aromatic carbocycles. The first-order valence-electron chi connectivity index (χ1n) is 15.6. The van der Waals surface area contributed by atoms with Crippen LogP contribution in [0.4, 0.5) is 0 Å². The SMILES string of the molecule is CCOC(=O)C1=C(C)N=c2s/c(=C\c3cc(I)cc(OC)c3OCc3cccc4ccccc34)c(=O)n2[C@@H]1c1ccccc1OC(C)C. The molecule has 0 unspecified atom stereocenters. The Hall–Kier alpha value is -4.42. The van der Waals surface area contributed by atoms with Crippen molar-refractivity contribution in [1.29, 1.82) is 0 Å². The molecule has 0 saturated heterocycles. The number of rotatable bonds is 10. The van der Waals surface area contributed by atoms with E-state index in [0.717, 1.165) is 19.9 Å². The molecule has 1 atom stereocenters. The number of hydrogen-bond donors (Lipinski definition) is 0. The van der Waals surface area contributed by atoms with E-state index in [0.29, 0.717) is 55.6 Å². The molecular formula is C38H35IN2O6S. The summed E-state index contributed by atoms with van der Waals surface area (Å²) in [4.78, 5) is 33.1. The fourth-order valence-electron chi connectivity index (χ4n) is 5.87. The Morgan fingerprint density at radius 3 is 2.56 bits per heavy atom. The Bertz CT molecular complexity index is 2230. The average Bonchev–Trinajstić information content (AvgIpc) is 3.37. The van der Waals surface area contributed by atoms with Crippen LogP contribution in [-0.4, -0.2) is 30.4 Å². The molecule has 1 aliphatic rings. The monoisotopic (exact) mass is 774 g/mol. The third-order valence-electron chi connectivity index (χ3n) is 7.90. The second-order valence-electron chi connectivity index (χ2n) is 11.5. The number of hydrogen-bond acceptors (Lipinski definition) is 8. The number of carbonyl (C=O) groups is 1. The number of fused-ring (bicyclic) bond motifs is 2. The van der Waals surface area contributed by atoms with E-state index in [1.807, 2.05) is 80.6 Å². The molecule has 6 rings (SSSR count). The zero-order valence-corrected chi connectivity index (χ0v) is 30.3. The zero-order chi connectivity index (χ0) is 33.9. The molecule has 246 valence electrons. The molecule has 0 radical (unpaired) electrons. The molecule has 48 heavy (non-hydrogen) atoms. The van der Waals surface area contributed by atoms with Gasteiger partial charge in [-0.25, -0.2) is 9.79 Å². The van der Waals surface area contributed by atoms with Gasteiger partial charge in [-0.1, -0.05) is 72.0 Å². The van der Waals surface area contributed by atoms with Gasteiger partial charge in [0.1, 0.15) is 18.4 Å². The molecule has 0 aliphatic carbocycles. The van der Waals surface area contributed by atoms with Gasteiger partial charge in [0.15, 0.2) is 16.3 Å². The van der Waals surface area contributed by atoms with Gasteiger partial charge in [-0.05, 0) is 90.9 Å². The van der Waals surface area contributed by atoms with Crippen molar-refractivity contribution in [1.82, 2.24) is 4.57 Å². The first kappa shape index (κ1) is 33.5. The molecule has 0 bridgehead atoms. The minimum absolute atomic E-state index is 0.124. The van der Waals surface area contributed by atoms with Crippen molar-refractivity contribution in [3.63, 3.8) is 0 Å². The lowest BCUT2D eigenvalue weighted by atomic mass is 9.95. The highest BCUT2D eigenvalue weighted by Crippen LogP contribution is 2.37. The van der Waals surface area contributed by atoms with Gasteiger partial charge in [-0.2, -0.15) is 0 Å². The van der Waals surface area contributed by atoms with Crippen LogP contribution < -0.4 is 29.1 Å². The third kappa shape index (κ3) is 6.64. The second-order valence-corrected chi connectivity index (χ2v) is 13.7. The van der Waals surface area contributed by atoms with Gasteiger partial charge in [0, 0.05) is 14.7 Å². The van der Waals surface area contributed by atoms with Crippen molar-refractivity contribution in [2.75, 3.05) is 13.7 Å². The number of ether oxygens (including phenoxy) is 4. The Morgan fingerprint density at radius 1 is 1.04 bits per heavy atom. The smallest absolute Gasteiger partial charge is 0.338 e. The van der Waals surface area contributed by atoms with Gasteiger partial charge in [-0.3, -0.25) is 9.36 Å². The molecule has 2 heterocycles. The number of halogens is 1. The maximum atomic E-state index is 14.4. The van der Waals surface area contributed by atoms with Crippen molar-refractivity contribution in [2.45, 2.75) is 46.4 Å². The van der Waals surface area contributed by atoms with Crippen LogP contribution in [0.2, 0.25) is 0 Å². The standard InChI is InChI=1S/C38H35IN2O6S/c1-6-45-37(43)33-23(4)40-38-41(34(33)29-16-9-10-17-30(29)47-22(2)3)36(42)32(48-38)19-26-18-27(39)20-31(44-5)35(26)46-21-25-14-11-13-24-12-7-8-15-28(24)25/h7-20,22,34H,6,21H2,1-5H3/b32-19-/t34-/m1/s1. The molecule has 8 nitrogen and oxygen atoms in total. The number of esters is 1. The van der Waals surface area contributed by atoms with Gasteiger partial charge in [0.05, 0.1) is 35.6 Å². The maximum absolute atomic E-state index is 14.4. The normalized spacial score (nSPS) is 14.6. The van der Waals surface area contributed by atoms with Gasteiger partial charge >= 0.3 is 5.97 Å². The molecule has 10 heteroatoms. The summed E-state index contributed by atoms with van der Waals surface area (Å²) in [5, 5.41) is 2.23.